The maximum absolute atomic E-state index is 13.1. The molecule has 4 rings (SSSR count). The number of benzene rings is 1. The molecule has 3 heterocycles. The molecule has 0 bridgehead atoms. The van der Waals surface area contributed by atoms with Crippen LogP contribution in [-0.2, 0) is 16.1 Å². The molecule has 5 heteroatoms. The molecule has 0 aromatic heterocycles. The van der Waals surface area contributed by atoms with Gasteiger partial charge >= 0.3 is 0 Å². The third-order valence-electron chi connectivity index (χ3n) is 5.41. The van der Waals surface area contributed by atoms with Crippen molar-refractivity contribution in [1.29, 1.82) is 0 Å². The number of amides is 1. The first kappa shape index (κ1) is 15.1. The van der Waals surface area contributed by atoms with Gasteiger partial charge in [-0.15, -0.1) is 0 Å². The molecule has 0 radical (unpaired) electrons. The lowest BCUT2D eigenvalue weighted by molar-refractivity contribution is -0.132. The number of ether oxygens (including phenoxy) is 1. The predicted octanol–water partition coefficient (Wildman–Crippen LogP) is 2.18. The highest BCUT2D eigenvalue weighted by Crippen LogP contribution is 2.34. The van der Waals surface area contributed by atoms with E-state index in [2.05, 4.69) is 4.90 Å². The maximum atomic E-state index is 13.1. The van der Waals surface area contributed by atoms with Crippen molar-refractivity contribution in [2.45, 2.75) is 50.4 Å². The van der Waals surface area contributed by atoms with E-state index in [0.717, 1.165) is 51.1 Å². The Hall–Kier alpha value is -1.46. The number of rotatable bonds is 3. The Morgan fingerprint density at radius 2 is 2.00 bits per heavy atom. The minimum atomic E-state index is -0.199. The average molecular weight is 318 g/mol. The number of halogens is 1. The van der Waals surface area contributed by atoms with Crippen molar-refractivity contribution in [3.05, 3.63) is 35.6 Å². The second kappa shape index (κ2) is 6.21. The summed E-state index contributed by atoms with van der Waals surface area (Å²) in [6.45, 7) is 3.31. The van der Waals surface area contributed by atoms with Gasteiger partial charge in [0.25, 0.3) is 0 Å². The van der Waals surface area contributed by atoms with Gasteiger partial charge < -0.3 is 9.64 Å². The summed E-state index contributed by atoms with van der Waals surface area (Å²) in [5.41, 5.74) is 1.11. The monoisotopic (exact) mass is 318 g/mol. The van der Waals surface area contributed by atoms with Crippen LogP contribution in [0, 0.1) is 5.82 Å². The number of carbonyl (C=O) groups excluding carboxylic acids is 1. The first-order chi connectivity index (χ1) is 11.2. The molecule has 1 amide bonds. The third kappa shape index (κ3) is 2.88. The van der Waals surface area contributed by atoms with E-state index in [9.17, 15) is 9.18 Å². The van der Waals surface area contributed by atoms with E-state index in [-0.39, 0.29) is 23.9 Å². The summed E-state index contributed by atoms with van der Waals surface area (Å²) in [5, 5.41) is 0. The Balaban J connectivity index is 1.52. The van der Waals surface area contributed by atoms with Crippen molar-refractivity contribution in [2.24, 2.45) is 0 Å². The number of hydrogen-bond acceptors (Lipinski definition) is 3. The molecule has 3 aliphatic rings. The summed E-state index contributed by atoms with van der Waals surface area (Å²) in [5.74, 6) is 0.0705. The van der Waals surface area contributed by atoms with Gasteiger partial charge in [0.05, 0.1) is 12.1 Å². The molecule has 1 aromatic carbocycles. The van der Waals surface area contributed by atoms with E-state index in [1.54, 1.807) is 0 Å². The van der Waals surface area contributed by atoms with E-state index < -0.39 is 0 Å². The molecule has 0 saturated carbocycles. The molecule has 0 aliphatic carbocycles. The summed E-state index contributed by atoms with van der Waals surface area (Å²) in [6, 6.07) is 7.27. The van der Waals surface area contributed by atoms with Crippen LogP contribution in [0.3, 0.4) is 0 Å². The quantitative estimate of drug-likeness (QED) is 0.856. The smallest absolute Gasteiger partial charge is 0.223 e. The highest BCUT2D eigenvalue weighted by Gasteiger charge is 2.48. The standard InChI is InChI=1S/C18H23FN2O2/c19-14-7-5-13(6-8-14)11-20-12-16(21-9-1-4-17(21)22)18-15(20)3-2-10-23-18/h5-8,15-16,18H,1-4,9-12H2/t15-,16-,18+/m0/s1. The first-order valence-corrected chi connectivity index (χ1v) is 8.62. The van der Waals surface area contributed by atoms with Gasteiger partial charge in [-0.05, 0) is 37.0 Å². The average Bonchev–Trinajstić information content (AvgIpc) is 3.14. The molecule has 4 nitrogen and oxygen atoms in total. The molecule has 124 valence electrons. The molecule has 3 saturated heterocycles. The van der Waals surface area contributed by atoms with Gasteiger partial charge in [0, 0.05) is 38.7 Å². The van der Waals surface area contributed by atoms with Crippen molar-refractivity contribution in [3.63, 3.8) is 0 Å². The molecule has 0 spiro atoms. The van der Waals surface area contributed by atoms with Crippen molar-refractivity contribution < 1.29 is 13.9 Å². The zero-order valence-corrected chi connectivity index (χ0v) is 13.3. The van der Waals surface area contributed by atoms with Crippen molar-refractivity contribution >= 4 is 5.91 Å². The molecule has 23 heavy (non-hydrogen) atoms. The second-order valence-corrected chi connectivity index (χ2v) is 6.86. The number of nitrogens with zero attached hydrogens (tertiary/aromatic N) is 2. The number of hydrogen-bond donors (Lipinski definition) is 0. The fourth-order valence-corrected chi connectivity index (χ4v) is 4.33. The Morgan fingerprint density at radius 1 is 1.17 bits per heavy atom. The molecule has 1 aromatic rings. The Kier molecular flexibility index (Phi) is 4.07. The maximum Gasteiger partial charge on any atom is 0.223 e. The lowest BCUT2D eigenvalue weighted by atomic mass is 10.00. The minimum absolute atomic E-state index is 0.131. The van der Waals surface area contributed by atoms with Crippen LogP contribution < -0.4 is 0 Å². The Morgan fingerprint density at radius 3 is 2.74 bits per heavy atom. The van der Waals surface area contributed by atoms with Gasteiger partial charge in [0.15, 0.2) is 0 Å². The number of fused-ring (bicyclic) bond motifs is 1. The fraction of sp³-hybridized carbons (Fsp3) is 0.611. The van der Waals surface area contributed by atoms with E-state index in [0.29, 0.717) is 12.5 Å². The van der Waals surface area contributed by atoms with E-state index >= 15 is 0 Å². The van der Waals surface area contributed by atoms with Gasteiger partial charge in [0.2, 0.25) is 5.91 Å². The second-order valence-electron chi connectivity index (χ2n) is 6.86. The highest BCUT2D eigenvalue weighted by molar-refractivity contribution is 5.78. The molecule has 3 aliphatic heterocycles. The summed E-state index contributed by atoms with van der Waals surface area (Å²) in [7, 11) is 0. The topological polar surface area (TPSA) is 32.8 Å². The predicted molar refractivity (Wildman–Crippen MR) is 84.3 cm³/mol. The SMILES string of the molecule is O=C1CCCN1[C@H]1CN(Cc2ccc(F)cc2)[C@H]2CCCO[C@H]21. The van der Waals surface area contributed by atoms with Gasteiger partial charge in [-0.3, -0.25) is 9.69 Å². The van der Waals surface area contributed by atoms with Crippen LogP contribution in [0.2, 0.25) is 0 Å². The zero-order chi connectivity index (χ0) is 15.8. The third-order valence-corrected chi connectivity index (χ3v) is 5.41. The van der Waals surface area contributed by atoms with Crippen LogP contribution in [0.15, 0.2) is 24.3 Å². The van der Waals surface area contributed by atoms with Crippen molar-refractivity contribution in [2.75, 3.05) is 19.7 Å². The van der Waals surface area contributed by atoms with Gasteiger partial charge in [-0.1, -0.05) is 12.1 Å². The zero-order valence-electron chi connectivity index (χ0n) is 13.3. The molecular formula is C18H23FN2O2. The van der Waals surface area contributed by atoms with Crippen LogP contribution in [-0.4, -0.2) is 53.6 Å². The van der Waals surface area contributed by atoms with E-state index in [1.807, 2.05) is 17.0 Å². The highest BCUT2D eigenvalue weighted by atomic mass is 19.1. The van der Waals surface area contributed by atoms with Crippen LogP contribution in [0.25, 0.3) is 0 Å². The Bertz CT molecular complexity index is 577. The van der Waals surface area contributed by atoms with Crippen LogP contribution >= 0.6 is 0 Å². The summed E-state index contributed by atoms with van der Waals surface area (Å²) in [4.78, 5) is 16.6. The van der Waals surface area contributed by atoms with Gasteiger partial charge in [-0.25, -0.2) is 4.39 Å². The number of likely N-dealkylation sites (tertiary alicyclic amines) is 2. The van der Waals surface area contributed by atoms with Crippen molar-refractivity contribution in [1.82, 2.24) is 9.80 Å². The molecule has 3 atom stereocenters. The van der Waals surface area contributed by atoms with Gasteiger partial charge in [0.1, 0.15) is 5.82 Å². The molecular weight excluding hydrogens is 295 g/mol. The van der Waals surface area contributed by atoms with E-state index in [1.165, 1.54) is 12.1 Å². The number of carbonyl (C=O) groups is 1. The molecule has 0 unspecified atom stereocenters. The summed E-state index contributed by atoms with van der Waals surface area (Å²) < 4.78 is 19.2. The lowest BCUT2D eigenvalue weighted by Gasteiger charge is -2.34. The minimum Gasteiger partial charge on any atom is -0.374 e. The fourth-order valence-electron chi connectivity index (χ4n) is 4.33. The van der Waals surface area contributed by atoms with Gasteiger partial charge in [-0.2, -0.15) is 0 Å². The largest absolute Gasteiger partial charge is 0.374 e. The summed E-state index contributed by atoms with van der Waals surface area (Å²) in [6.07, 6.45) is 3.95. The Labute approximate surface area is 136 Å². The van der Waals surface area contributed by atoms with Crippen molar-refractivity contribution in [3.8, 4) is 0 Å². The van der Waals surface area contributed by atoms with Crippen LogP contribution in [0.5, 0.6) is 0 Å². The van der Waals surface area contributed by atoms with Crippen LogP contribution in [0.4, 0.5) is 4.39 Å². The molecule has 0 N–H and O–H groups in total. The molecule has 3 fully saturated rings. The van der Waals surface area contributed by atoms with Crippen LogP contribution in [0.1, 0.15) is 31.2 Å². The first-order valence-electron chi connectivity index (χ1n) is 8.62. The summed E-state index contributed by atoms with van der Waals surface area (Å²) >= 11 is 0. The van der Waals surface area contributed by atoms with E-state index in [4.69, 9.17) is 4.74 Å². The lowest BCUT2D eigenvalue weighted by Crippen LogP contribution is -2.48. The normalized spacial score (nSPS) is 31.6.